The van der Waals surface area contributed by atoms with E-state index in [1.54, 1.807) is 12.4 Å². The number of aromatic nitrogens is 3. The molecule has 2 heterocycles. The fourth-order valence-corrected chi connectivity index (χ4v) is 1.79. The van der Waals surface area contributed by atoms with Crippen LogP contribution in [-0.2, 0) is 6.42 Å². The average Bonchev–Trinajstić information content (AvgIpc) is 2.33. The molecule has 0 atom stereocenters. The smallest absolute Gasteiger partial charge is 0.140 e. The summed E-state index contributed by atoms with van der Waals surface area (Å²) in [5, 5.41) is 0. The Labute approximate surface area is 99.6 Å². The summed E-state index contributed by atoms with van der Waals surface area (Å²) in [6.45, 7) is 4.10. The van der Waals surface area contributed by atoms with Gasteiger partial charge in [0.05, 0.1) is 0 Å². The molecule has 0 aliphatic heterocycles. The number of hydrogen-bond acceptors (Lipinski definition) is 3. The minimum atomic E-state index is 0.662. The molecule has 4 heteroatoms. The van der Waals surface area contributed by atoms with Crippen molar-refractivity contribution in [1.82, 2.24) is 15.0 Å². The van der Waals surface area contributed by atoms with Crippen molar-refractivity contribution in [3.63, 3.8) is 0 Å². The summed E-state index contributed by atoms with van der Waals surface area (Å²) >= 11 is 5.24. The lowest BCUT2D eigenvalue weighted by Crippen LogP contribution is -1.99. The lowest BCUT2D eigenvalue weighted by Gasteiger charge is -2.07. The van der Waals surface area contributed by atoms with Gasteiger partial charge in [0.25, 0.3) is 0 Å². The highest BCUT2D eigenvalue weighted by molar-refractivity contribution is 7.71. The third kappa shape index (κ3) is 2.02. The first-order chi connectivity index (χ1) is 7.72. The number of nitrogens with one attached hydrogen (secondary N) is 1. The zero-order chi connectivity index (χ0) is 11.5. The Hall–Kier alpha value is -1.55. The summed E-state index contributed by atoms with van der Waals surface area (Å²) in [6.07, 6.45) is 4.45. The number of rotatable bonds is 2. The average molecular weight is 231 g/mol. The topological polar surface area (TPSA) is 41.6 Å². The van der Waals surface area contributed by atoms with E-state index in [9.17, 15) is 0 Å². The van der Waals surface area contributed by atoms with Gasteiger partial charge >= 0.3 is 0 Å². The third-order valence-corrected chi connectivity index (χ3v) is 2.94. The van der Waals surface area contributed by atoms with Gasteiger partial charge in [-0.25, -0.2) is 4.98 Å². The maximum Gasteiger partial charge on any atom is 0.140 e. The molecule has 0 fully saturated rings. The van der Waals surface area contributed by atoms with Crippen LogP contribution in [-0.4, -0.2) is 15.0 Å². The molecule has 2 rings (SSSR count). The number of H-pyrrole nitrogens is 1. The van der Waals surface area contributed by atoms with E-state index >= 15 is 0 Å². The van der Waals surface area contributed by atoms with Crippen LogP contribution >= 0.6 is 12.2 Å². The summed E-state index contributed by atoms with van der Waals surface area (Å²) in [5.74, 6) is 0.792. The molecule has 0 saturated carbocycles. The molecule has 0 spiro atoms. The molecule has 82 valence electrons. The first-order valence-corrected chi connectivity index (χ1v) is 5.63. The van der Waals surface area contributed by atoms with Crippen LogP contribution in [0.2, 0.25) is 0 Å². The number of nitrogens with zero attached hydrogens (tertiary/aromatic N) is 2. The minimum Gasteiger partial charge on any atom is -0.343 e. The van der Waals surface area contributed by atoms with E-state index in [0.717, 1.165) is 29.1 Å². The highest BCUT2D eigenvalue weighted by Crippen LogP contribution is 2.16. The Morgan fingerprint density at radius 3 is 2.88 bits per heavy atom. The van der Waals surface area contributed by atoms with Crippen molar-refractivity contribution in [3.05, 3.63) is 40.4 Å². The van der Waals surface area contributed by atoms with E-state index in [2.05, 4.69) is 21.9 Å². The monoisotopic (exact) mass is 231 g/mol. The second-order valence-electron chi connectivity index (χ2n) is 3.59. The number of hydrogen-bond donors (Lipinski definition) is 1. The molecule has 0 saturated heterocycles. The van der Waals surface area contributed by atoms with Gasteiger partial charge < -0.3 is 4.98 Å². The number of pyridine rings is 1. The molecule has 0 radical (unpaired) electrons. The van der Waals surface area contributed by atoms with E-state index in [1.165, 1.54) is 0 Å². The molecule has 3 nitrogen and oxygen atoms in total. The van der Waals surface area contributed by atoms with Crippen LogP contribution in [0.15, 0.2) is 24.5 Å². The second kappa shape index (κ2) is 4.53. The largest absolute Gasteiger partial charge is 0.343 e. The fraction of sp³-hybridized carbons (Fsp3) is 0.250. The van der Waals surface area contributed by atoms with Gasteiger partial charge in [0.2, 0.25) is 0 Å². The Kier molecular flexibility index (Phi) is 3.10. The quantitative estimate of drug-likeness (QED) is 0.808. The Balaban J connectivity index is 2.60. The third-order valence-electron chi connectivity index (χ3n) is 2.54. The van der Waals surface area contributed by atoms with E-state index in [4.69, 9.17) is 12.2 Å². The van der Waals surface area contributed by atoms with Crippen molar-refractivity contribution in [2.24, 2.45) is 0 Å². The van der Waals surface area contributed by atoms with Crippen LogP contribution < -0.4 is 0 Å². The molecule has 0 aromatic carbocycles. The summed E-state index contributed by atoms with van der Waals surface area (Å²) in [4.78, 5) is 11.7. The number of aromatic amines is 1. The Morgan fingerprint density at radius 1 is 1.44 bits per heavy atom. The van der Waals surface area contributed by atoms with Gasteiger partial charge in [-0.15, -0.1) is 0 Å². The lowest BCUT2D eigenvalue weighted by molar-refractivity contribution is 0.968. The van der Waals surface area contributed by atoms with E-state index in [1.807, 2.05) is 19.1 Å². The first-order valence-electron chi connectivity index (χ1n) is 5.22. The maximum atomic E-state index is 5.24. The fourth-order valence-electron chi connectivity index (χ4n) is 1.57. The number of aryl methyl sites for hydroxylation is 1. The van der Waals surface area contributed by atoms with Crippen LogP contribution in [0, 0.1) is 11.6 Å². The SMILES string of the molecule is CCc1[nH]c(-c2cccnc2)nc(=S)c1C. The summed E-state index contributed by atoms with van der Waals surface area (Å²) in [5.41, 5.74) is 3.16. The summed E-state index contributed by atoms with van der Waals surface area (Å²) < 4.78 is 0.662. The molecule has 0 unspecified atom stereocenters. The van der Waals surface area contributed by atoms with Gasteiger partial charge in [0.15, 0.2) is 0 Å². The second-order valence-corrected chi connectivity index (χ2v) is 3.98. The van der Waals surface area contributed by atoms with Gasteiger partial charge in [-0.1, -0.05) is 19.1 Å². The van der Waals surface area contributed by atoms with Crippen molar-refractivity contribution < 1.29 is 0 Å². The first kappa shape index (κ1) is 11.0. The molecule has 2 aromatic heterocycles. The molecule has 0 aliphatic rings. The van der Waals surface area contributed by atoms with Crippen molar-refractivity contribution >= 4 is 12.2 Å². The highest BCUT2D eigenvalue weighted by atomic mass is 32.1. The maximum absolute atomic E-state index is 5.24. The standard InChI is InChI=1S/C12H13N3S/c1-3-10-8(2)12(16)15-11(14-10)9-5-4-6-13-7-9/h4-7H,3H2,1-2H3,(H,14,15,16). The van der Waals surface area contributed by atoms with Crippen molar-refractivity contribution in [1.29, 1.82) is 0 Å². The van der Waals surface area contributed by atoms with Crippen molar-refractivity contribution in [3.8, 4) is 11.4 Å². The summed E-state index contributed by atoms with van der Waals surface area (Å²) in [6, 6.07) is 3.86. The predicted octanol–water partition coefficient (Wildman–Crippen LogP) is 3.07. The summed E-state index contributed by atoms with van der Waals surface area (Å²) in [7, 11) is 0. The van der Waals surface area contributed by atoms with Gasteiger partial charge in [0.1, 0.15) is 10.5 Å². The molecular weight excluding hydrogens is 218 g/mol. The zero-order valence-electron chi connectivity index (χ0n) is 9.32. The van der Waals surface area contributed by atoms with Crippen LogP contribution in [0.25, 0.3) is 11.4 Å². The minimum absolute atomic E-state index is 0.662. The lowest BCUT2D eigenvalue weighted by atomic mass is 10.2. The van der Waals surface area contributed by atoms with E-state index in [0.29, 0.717) is 4.64 Å². The van der Waals surface area contributed by atoms with Gasteiger partial charge in [-0.2, -0.15) is 0 Å². The van der Waals surface area contributed by atoms with E-state index < -0.39 is 0 Å². The Bertz CT molecular complexity index is 546. The molecular formula is C12H13N3S. The van der Waals surface area contributed by atoms with Crippen molar-refractivity contribution in [2.45, 2.75) is 20.3 Å². The van der Waals surface area contributed by atoms with Crippen LogP contribution in [0.4, 0.5) is 0 Å². The molecule has 0 aliphatic carbocycles. The van der Waals surface area contributed by atoms with Gasteiger partial charge in [-0.3, -0.25) is 4.98 Å². The molecule has 0 bridgehead atoms. The van der Waals surface area contributed by atoms with E-state index in [-0.39, 0.29) is 0 Å². The van der Waals surface area contributed by atoms with Gasteiger partial charge in [-0.05, 0) is 25.5 Å². The van der Waals surface area contributed by atoms with Gasteiger partial charge in [0, 0.05) is 29.2 Å². The zero-order valence-corrected chi connectivity index (χ0v) is 10.1. The molecule has 16 heavy (non-hydrogen) atoms. The Morgan fingerprint density at radius 2 is 2.25 bits per heavy atom. The van der Waals surface area contributed by atoms with Crippen LogP contribution in [0.3, 0.4) is 0 Å². The molecule has 2 aromatic rings. The predicted molar refractivity (Wildman–Crippen MR) is 66.8 cm³/mol. The van der Waals surface area contributed by atoms with Crippen molar-refractivity contribution in [2.75, 3.05) is 0 Å². The molecule has 1 N–H and O–H groups in total. The van der Waals surface area contributed by atoms with Crippen LogP contribution in [0.5, 0.6) is 0 Å². The normalized spacial score (nSPS) is 10.4. The molecule has 0 amide bonds. The highest BCUT2D eigenvalue weighted by Gasteiger charge is 2.05. The van der Waals surface area contributed by atoms with Crippen LogP contribution in [0.1, 0.15) is 18.2 Å².